The lowest BCUT2D eigenvalue weighted by atomic mass is 10.1. The topological polar surface area (TPSA) is 47.9 Å². The van der Waals surface area contributed by atoms with Crippen molar-refractivity contribution in [2.24, 2.45) is 0 Å². The van der Waals surface area contributed by atoms with Gasteiger partial charge in [-0.25, -0.2) is 0 Å². The molecule has 0 amide bonds. The van der Waals surface area contributed by atoms with E-state index in [0.29, 0.717) is 6.61 Å². The van der Waals surface area contributed by atoms with Crippen LogP contribution in [-0.2, 0) is 14.2 Å². The smallest absolute Gasteiger partial charge is 0.160 e. The van der Waals surface area contributed by atoms with Gasteiger partial charge in [0.1, 0.15) is 6.10 Å². The second-order valence-electron chi connectivity index (χ2n) is 5.74. The van der Waals surface area contributed by atoms with Crippen molar-refractivity contribution in [1.82, 2.24) is 0 Å². The molecule has 4 heteroatoms. The SMILES string of the molecule is CCCCCCCCCOC(C)C[C@H]1OC[C@H](CO)O1. The summed E-state index contributed by atoms with van der Waals surface area (Å²) in [7, 11) is 0. The third-order valence-electron chi connectivity index (χ3n) is 3.69. The van der Waals surface area contributed by atoms with Crippen molar-refractivity contribution in [3.05, 3.63) is 0 Å². The fourth-order valence-electron chi connectivity index (χ4n) is 2.41. The zero-order chi connectivity index (χ0) is 14.6. The number of hydrogen-bond donors (Lipinski definition) is 1. The number of aliphatic hydroxyl groups is 1. The average Bonchev–Trinajstić information content (AvgIpc) is 2.89. The zero-order valence-electron chi connectivity index (χ0n) is 13.2. The standard InChI is InChI=1S/C16H32O4/c1-3-4-5-6-7-8-9-10-18-14(2)11-16-19-13-15(12-17)20-16/h14-17H,3-13H2,1-2H3/t14?,15-,16-/m0/s1. The van der Waals surface area contributed by atoms with Crippen molar-refractivity contribution in [2.45, 2.75) is 83.7 Å². The Hall–Kier alpha value is -0.160. The molecule has 0 aromatic rings. The lowest BCUT2D eigenvalue weighted by molar-refractivity contribution is -0.0959. The predicted octanol–water partition coefficient (Wildman–Crippen LogP) is 3.27. The van der Waals surface area contributed by atoms with Crippen molar-refractivity contribution in [3.8, 4) is 0 Å². The number of unbranched alkanes of at least 4 members (excludes halogenated alkanes) is 6. The molecule has 0 bridgehead atoms. The number of ether oxygens (including phenoxy) is 3. The van der Waals surface area contributed by atoms with Gasteiger partial charge in [0.2, 0.25) is 0 Å². The molecule has 120 valence electrons. The molecule has 1 unspecified atom stereocenters. The van der Waals surface area contributed by atoms with E-state index in [1.807, 2.05) is 0 Å². The van der Waals surface area contributed by atoms with E-state index in [1.165, 1.54) is 38.5 Å². The highest BCUT2D eigenvalue weighted by Crippen LogP contribution is 2.17. The van der Waals surface area contributed by atoms with Crippen LogP contribution < -0.4 is 0 Å². The van der Waals surface area contributed by atoms with Gasteiger partial charge in [0.05, 0.1) is 19.3 Å². The third kappa shape index (κ3) is 8.20. The minimum Gasteiger partial charge on any atom is -0.394 e. The van der Waals surface area contributed by atoms with Crippen LogP contribution in [0.5, 0.6) is 0 Å². The third-order valence-corrected chi connectivity index (χ3v) is 3.69. The van der Waals surface area contributed by atoms with Crippen molar-refractivity contribution in [2.75, 3.05) is 19.8 Å². The summed E-state index contributed by atoms with van der Waals surface area (Å²) in [6, 6.07) is 0. The van der Waals surface area contributed by atoms with Crippen LogP contribution in [0.15, 0.2) is 0 Å². The van der Waals surface area contributed by atoms with Crippen LogP contribution in [0.2, 0.25) is 0 Å². The number of hydrogen-bond acceptors (Lipinski definition) is 4. The highest BCUT2D eigenvalue weighted by molar-refractivity contribution is 4.66. The predicted molar refractivity (Wildman–Crippen MR) is 79.7 cm³/mol. The Labute approximate surface area is 123 Å². The Morgan fingerprint density at radius 2 is 1.85 bits per heavy atom. The van der Waals surface area contributed by atoms with E-state index >= 15 is 0 Å². The van der Waals surface area contributed by atoms with E-state index in [1.54, 1.807) is 0 Å². The van der Waals surface area contributed by atoms with E-state index in [-0.39, 0.29) is 25.1 Å². The van der Waals surface area contributed by atoms with Gasteiger partial charge in [0.25, 0.3) is 0 Å². The molecule has 1 rings (SSSR count). The molecule has 0 aromatic heterocycles. The van der Waals surface area contributed by atoms with Crippen molar-refractivity contribution in [1.29, 1.82) is 0 Å². The summed E-state index contributed by atoms with van der Waals surface area (Å²) < 4.78 is 16.7. The molecule has 1 N–H and O–H groups in total. The lowest BCUT2D eigenvalue weighted by Crippen LogP contribution is -2.21. The van der Waals surface area contributed by atoms with Crippen molar-refractivity contribution in [3.63, 3.8) is 0 Å². The average molecular weight is 288 g/mol. The second kappa shape index (κ2) is 11.5. The van der Waals surface area contributed by atoms with Gasteiger partial charge < -0.3 is 19.3 Å². The summed E-state index contributed by atoms with van der Waals surface area (Å²) in [4.78, 5) is 0. The first kappa shape index (κ1) is 17.9. The summed E-state index contributed by atoms with van der Waals surface area (Å²) in [6.45, 7) is 5.65. The Bertz CT molecular complexity index is 223. The van der Waals surface area contributed by atoms with Gasteiger partial charge in [-0.2, -0.15) is 0 Å². The molecule has 1 fully saturated rings. The molecule has 0 aromatic carbocycles. The summed E-state index contributed by atoms with van der Waals surface area (Å²) >= 11 is 0. The normalized spacial score (nSPS) is 24.1. The molecule has 0 spiro atoms. The van der Waals surface area contributed by atoms with Gasteiger partial charge in [-0.15, -0.1) is 0 Å². The summed E-state index contributed by atoms with van der Waals surface area (Å²) in [5.41, 5.74) is 0. The van der Waals surface area contributed by atoms with E-state index in [0.717, 1.165) is 19.4 Å². The Kier molecular flexibility index (Phi) is 10.3. The van der Waals surface area contributed by atoms with Gasteiger partial charge in [-0.05, 0) is 13.3 Å². The highest BCUT2D eigenvalue weighted by Gasteiger charge is 2.26. The molecule has 1 aliphatic rings. The molecule has 1 heterocycles. The van der Waals surface area contributed by atoms with Gasteiger partial charge in [-0.3, -0.25) is 0 Å². The zero-order valence-corrected chi connectivity index (χ0v) is 13.2. The number of rotatable bonds is 12. The van der Waals surface area contributed by atoms with Crippen LogP contribution in [0.1, 0.15) is 65.2 Å². The molecule has 1 saturated heterocycles. The molecule has 20 heavy (non-hydrogen) atoms. The van der Waals surface area contributed by atoms with E-state index in [4.69, 9.17) is 19.3 Å². The van der Waals surface area contributed by atoms with Crippen LogP contribution >= 0.6 is 0 Å². The fraction of sp³-hybridized carbons (Fsp3) is 1.00. The summed E-state index contributed by atoms with van der Waals surface area (Å²) in [5, 5.41) is 8.96. The van der Waals surface area contributed by atoms with Gasteiger partial charge in [-0.1, -0.05) is 45.4 Å². The maximum Gasteiger partial charge on any atom is 0.160 e. The van der Waals surface area contributed by atoms with Gasteiger partial charge >= 0.3 is 0 Å². The molecule has 0 saturated carbocycles. The molecule has 4 nitrogen and oxygen atoms in total. The first-order valence-corrected chi connectivity index (χ1v) is 8.25. The summed E-state index contributed by atoms with van der Waals surface area (Å²) in [6.07, 6.45) is 9.65. The van der Waals surface area contributed by atoms with Gasteiger partial charge in [0, 0.05) is 13.0 Å². The van der Waals surface area contributed by atoms with Crippen molar-refractivity contribution >= 4 is 0 Å². The summed E-state index contributed by atoms with van der Waals surface area (Å²) in [5.74, 6) is 0. The van der Waals surface area contributed by atoms with Crippen LogP contribution in [-0.4, -0.2) is 43.4 Å². The number of aliphatic hydroxyl groups excluding tert-OH is 1. The second-order valence-corrected chi connectivity index (χ2v) is 5.74. The quantitative estimate of drug-likeness (QED) is 0.560. The van der Waals surface area contributed by atoms with Crippen LogP contribution in [0, 0.1) is 0 Å². The Balaban J connectivity index is 1.89. The Morgan fingerprint density at radius 1 is 1.15 bits per heavy atom. The molecular weight excluding hydrogens is 256 g/mol. The maximum atomic E-state index is 8.96. The van der Waals surface area contributed by atoms with Crippen LogP contribution in [0.25, 0.3) is 0 Å². The molecule has 0 radical (unpaired) electrons. The molecular formula is C16H32O4. The lowest BCUT2D eigenvalue weighted by Gasteiger charge is -2.17. The first-order valence-electron chi connectivity index (χ1n) is 8.25. The maximum absolute atomic E-state index is 8.96. The molecule has 3 atom stereocenters. The molecule has 0 aliphatic carbocycles. The largest absolute Gasteiger partial charge is 0.394 e. The van der Waals surface area contributed by atoms with E-state index in [2.05, 4.69) is 13.8 Å². The monoisotopic (exact) mass is 288 g/mol. The van der Waals surface area contributed by atoms with Crippen LogP contribution in [0.4, 0.5) is 0 Å². The first-order chi connectivity index (χ1) is 9.76. The van der Waals surface area contributed by atoms with E-state index in [9.17, 15) is 0 Å². The minimum atomic E-state index is -0.212. The van der Waals surface area contributed by atoms with E-state index < -0.39 is 0 Å². The fourth-order valence-corrected chi connectivity index (χ4v) is 2.41. The highest BCUT2D eigenvalue weighted by atomic mass is 16.7. The van der Waals surface area contributed by atoms with Gasteiger partial charge in [0.15, 0.2) is 6.29 Å². The van der Waals surface area contributed by atoms with Crippen molar-refractivity contribution < 1.29 is 19.3 Å². The van der Waals surface area contributed by atoms with Crippen LogP contribution in [0.3, 0.4) is 0 Å². The molecule has 1 aliphatic heterocycles. The Morgan fingerprint density at radius 3 is 2.50 bits per heavy atom. The minimum absolute atomic E-state index is 0.0315.